The first-order valence-corrected chi connectivity index (χ1v) is 13.1. The van der Waals surface area contributed by atoms with E-state index in [0.29, 0.717) is 40.0 Å². The van der Waals surface area contributed by atoms with E-state index in [1.54, 1.807) is 26.2 Å². The molecule has 202 valence electrons. The number of carbonyl (C=O) groups excluding carboxylic acids is 1. The van der Waals surface area contributed by atoms with Crippen LogP contribution in [0.4, 0.5) is 5.13 Å². The third-order valence-electron chi connectivity index (χ3n) is 6.63. The van der Waals surface area contributed by atoms with Gasteiger partial charge in [0.05, 0.1) is 40.1 Å². The first-order chi connectivity index (χ1) is 18.1. The number of nitrogens with zero attached hydrogens (tertiary/aromatic N) is 3. The van der Waals surface area contributed by atoms with Crippen LogP contribution in [0.25, 0.3) is 21.0 Å². The lowest BCUT2D eigenvalue weighted by Gasteiger charge is -2.28. The number of amides is 1. The zero-order valence-corrected chi connectivity index (χ0v) is 23.4. The fourth-order valence-corrected chi connectivity index (χ4v) is 5.75. The second-order valence-corrected chi connectivity index (χ2v) is 9.79. The van der Waals surface area contributed by atoms with Crippen molar-refractivity contribution >= 4 is 55.8 Å². The van der Waals surface area contributed by atoms with Gasteiger partial charge in [-0.2, -0.15) is 0 Å². The van der Waals surface area contributed by atoms with Crippen molar-refractivity contribution in [1.82, 2.24) is 9.88 Å². The Balaban J connectivity index is 0.00000336. The van der Waals surface area contributed by atoms with Crippen molar-refractivity contribution in [1.29, 1.82) is 0 Å². The molecule has 3 aromatic carbocycles. The van der Waals surface area contributed by atoms with Gasteiger partial charge in [0.15, 0.2) is 5.13 Å². The third kappa shape index (κ3) is 5.66. The van der Waals surface area contributed by atoms with Crippen LogP contribution in [-0.4, -0.2) is 76.5 Å². The number of anilines is 1. The Morgan fingerprint density at radius 3 is 2.32 bits per heavy atom. The summed E-state index contributed by atoms with van der Waals surface area (Å²) in [4.78, 5) is 23.1. The number of hydrogen-bond acceptors (Lipinski definition) is 8. The van der Waals surface area contributed by atoms with E-state index in [1.165, 1.54) is 11.3 Å². The lowest BCUT2D eigenvalue weighted by molar-refractivity contribution is 0.0376. The smallest absolute Gasteiger partial charge is 0.263 e. The highest BCUT2D eigenvalue weighted by Gasteiger charge is 2.26. The number of methoxy groups -OCH3 is 3. The van der Waals surface area contributed by atoms with Crippen LogP contribution >= 0.6 is 23.7 Å². The average molecular weight is 558 g/mol. The molecule has 2 heterocycles. The summed E-state index contributed by atoms with van der Waals surface area (Å²) in [7, 11) is 4.84. The summed E-state index contributed by atoms with van der Waals surface area (Å²) in [5.74, 6) is 1.73. The van der Waals surface area contributed by atoms with Crippen molar-refractivity contribution in [3.63, 3.8) is 0 Å². The van der Waals surface area contributed by atoms with E-state index >= 15 is 0 Å². The minimum Gasteiger partial charge on any atom is -0.496 e. The minimum absolute atomic E-state index is 0. The Hall–Kier alpha value is -3.11. The predicted octanol–water partition coefficient (Wildman–Crippen LogP) is 5.27. The van der Waals surface area contributed by atoms with Gasteiger partial charge in [-0.05, 0) is 41.5 Å². The molecule has 0 saturated carbocycles. The van der Waals surface area contributed by atoms with Crippen LogP contribution in [0.5, 0.6) is 17.2 Å². The highest BCUT2D eigenvalue weighted by Crippen LogP contribution is 2.41. The zero-order chi connectivity index (χ0) is 25.8. The molecular formula is C28H32ClN3O5S. The standard InChI is InChI=1S/C28H31N3O5S.ClH/c1-33-22-9-10-23(34-2)26-25(22)29-28(37-26)31(12-6-11-30-13-15-36-16-14-30)27(32)21-17-19-7-4-5-8-20(19)18-24(21)35-3;/h4-5,7-10,17-18H,6,11-16H2,1-3H3;1H. The fourth-order valence-electron chi connectivity index (χ4n) is 4.65. The molecule has 0 aliphatic carbocycles. The van der Waals surface area contributed by atoms with E-state index in [2.05, 4.69) is 4.90 Å². The first-order valence-electron chi connectivity index (χ1n) is 12.3. The average Bonchev–Trinajstić information content (AvgIpc) is 3.39. The molecule has 1 aromatic heterocycles. The number of fused-ring (bicyclic) bond motifs is 2. The van der Waals surface area contributed by atoms with E-state index in [1.807, 2.05) is 48.5 Å². The van der Waals surface area contributed by atoms with Gasteiger partial charge in [0, 0.05) is 26.2 Å². The Kier molecular flexibility index (Phi) is 9.27. The van der Waals surface area contributed by atoms with Gasteiger partial charge < -0.3 is 18.9 Å². The first kappa shape index (κ1) is 27.9. The Labute approximate surface area is 232 Å². The van der Waals surface area contributed by atoms with E-state index in [-0.39, 0.29) is 18.3 Å². The van der Waals surface area contributed by atoms with Gasteiger partial charge in [0.1, 0.15) is 27.5 Å². The van der Waals surface area contributed by atoms with Crippen LogP contribution in [0, 0.1) is 0 Å². The molecule has 8 nitrogen and oxygen atoms in total. The van der Waals surface area contributed by atoms with Crippen LogP contribution in [0.1, 0.15) is 16.8 Å². The normalized spacial score (nSPS) is 13.8. The zero-order valence-electron chi connectivity index (χ0n) is 21.8. The Bertz CT molecular complexity index is 1370. The molecule has 1 amide bonds. The molecular weight excluding hydrogens is 526 g/mol. The summed E-state index contributed by atoms with van der Waals surface area (Å²) in [5, 5.41) is 2.59. The fraction of sp³-hybridized carbons (Fsp3) is 0.357. The molecule has 1 fully saturated rings. The summed E-state index contributed by atoms with van der Waals surface area (Å²) < 4.78 is 23.1. The molecule has 0 radical (unpaired) electrons. The number of carbonyl (C=O) groups is 1. The molecule has 0 bridgehead atoms. The van der Waals surface area contributed by atoms with Crippen LogP contribution in [0.3, 0.4) is 0 Å². The molecule has 0 unspecified atom stereocenters. The van der Waals surface area contributed by atoms with E-state index in [0.717, 1.165) is 54.7 Å². The molecule has 1 aliphatic rings. The lowest BCUT2D eigenvalue weighted by atomic mass is 10.0. The summed E-state index contributed by atoms with van der Waals surface area (Å²) in [6.07, 6.45) is 0.797. The summed E-state index contributed by atoms with van der Waals surface area (Å²) in [5.41, 5.74) is 1.18. The number of aromatic nitrogens is 1. The highest BCUT2D eigenvalue weighted by molar-refractivity contribution is 7.22. The maximum Gasteiger partial charge on any atom is 0.263 e. The number of thiazole rings is 1. The second kappa shape index (κ2) is 12.6. The van der Waals surface area contributed by atoms with Crippen LogP contribution in [0.15, 0.2) is 48.5 Å². The molecule has 5 rings (SSSR count). The molecule has 4 aromatic rings. The maximum atomic E-state index is 14.2. The summed E-state index contributed by atoms with van der Waals surface area (Å²) in [6, 6.07) is 15.5. The quantitative estimate of drug-likeness (QED) is 0.278. The van der Waals surface area contributed by atoms with Crippen molar-refractivity contribution in [3.05, 3.63) is 54.1 Å². The number of ether oxygens (including phenoxy) is 4. The van der Waals surface area contributed by atoms with Gasteiger partial charge in [-0.25, -0.2) is 4.98 Å². The van der Waals surface area contributed by atoms with Gasteiger partial charge in [0.2, 0.25) is 0 Å². The Morgan fingerprint density at radius 2 is 1.63 bits per heavy atom. The number of halogens is 1. The largest absolute Gasteiger partial charge is 0.496 e. The lowest BCUT2D eigenvalue weighted by Crippen LogP contribution is -2.39. The van der Waals surface area contributed by atoms with Crippen LogP contribution in [0.2, 0.25) is 0 Å². The number of benzene rings is 3. The van der Waals surface area contributed by atoms with E-state index in [4.69, 9.17) is 23.9 Å². The number of morpholine rings is 1. The van der Waals surface area contributed by atoms with Gasteiger partial charge in [-0.1, -0.05) is 35.6 Å². The third-order valence-corrected chi connectivity index (χ3v) is 7.73. The van der Waals surface area contributed by atoms with Crippen molar-refractivity contribution in [2.24, 2.45) is 0 Å². The minimum atomic E-state index is -0.151. The molecule has 10 heteroatoms. The number of rotatable bonds is 9. The van der Waals surface area contributed by atoms with Gasteiger partial charge in [-0.3, -0.25) is 14.6 Å². The second-order valence-electron chi connectivity index (χ2n) is 8.81. The molecule has 0 atom stereocenters. The topological polar surface area (TPSA) is 73.4 Å². The van der Waals surface area contributed by atoms with Gasteiger partial charge >= 0.3 is 0 Å². The molecule has 1 saturated heterocycles. The van der Waals surface area contributed by atoms with Crippen molar-refractivity contribution in [2.75, 3.05) is 65.6 Å². The molecule has 0 spiro atoms. The van der Waals surface area contributed by atoms with Crippen LogP contribution in [-0.2, 0) is 4.74 Å². The molecule has 38 heavy (non-hydrogen) atoms. The van der Waals surface area contributed by atoms with Crippen molar-refractivity contribution < 1.29 is 23.7 Å². The van der Waals surface area contributed by atoms with Crippen molar-refractivity contribution in [2.45, 2.75) is 6.42 Å². The predicted molar refractivity (Wildman–Crippen MR) is 154 cm³/mol. The highest BCUT2D eigenvalue weighted by atomic mass is 35.5. The van der Waals surface area contributed by atoms with Gasteiger partial charge in [-0.15, -0.1) is 12.4 Å². The monoisotopic (exact) mass is 557 g/mol. The molecule has 1 aliphatic heterocycles. The number of hydrogen-bond donors (Lipinski definition) is 0. The van der Waals surface area contributed by atoms with Crippen LogP contribution < -0.4 is 19.1 Å². The molecule has 0 N–H and O–H groups in total. The SMILES string of the molecule is COc1cc2ccccc2cc1C(=O)N(CCCN1CCOCC1)c1nc2c(OC)ccc(OC)c2s1.Cl. The Morgan fingerprint density at radius 1 is 0.974 bits per heavy atom. The van der Waals surface area contributed by atoms with Crippen molar-refractivity contribution in [3.8, 4) is 17.2 Å². The maximum absolute atomic E-state index is 14.2. The van der Waals surface area contributed by atoms with E-state index in [9.17, 15) is 4.79 Å². The van der Waals surface area contributed by atoms with Gasteiger partial charge in [0.25, 0.3) is 5.91 Å². The summed E-state index contributed by atoms with van der Waals surface area (Å²) in [6.45, 7) is 4.68. The summed E-state index contributed by atoms with van der Waals surface area (Å²) >= 11 is 1.43. The van der Waals surface area contributed by atoms with E-state index < -0.39 is 0 Å².